The summed E-state index contributed by atoms with van der Waals surface area (Å²) in [7, 11) is -2.94. The molecule has 4 heteroatoms. The van der Waals surface area contributed by atoms with E-state index in [1.807, 2.05) is 0 Å². The van der Waals surface area contributed by atoms with Crippen molar-refractivity contribution in [2.45, 2.75) is 37.8 Å². The highest BCUT2D eigenvalue weighted by atomic mass is 32.2. The first-order valence-corrected chi connectivity index (χ1v) is 8.47. The van der Waals surface area contributed by atoms with Gasteiger partial charge in [0.15, 0.2) is 9.84 Å². The summed E-state index contributed by atoms with van der Waals surface area (Å²) in [5.41, 5.74) is 2.69. The summed E-state index contributed by atoms with van der Waals surface area (Å²) in [4.78, 5) is 0. The predicted octanol–water partition coefficient (Wildman–Crippen LogP) is 2.14. The Balaban J connectivity index is 1.51. The maximum atomic E-state index is 11.3. The third-order valence-corrected chi connectivity index (χ3v) is 5.46. The lowest BCUT2D eigenvalue weighted by atomic mass is 9.75. The summed E-state index contributed by atoms with van der Waals surface area (Å²) in [6.07, 6.45) is 3.98. The van der Waals surface area contributed by atoms with E-state index < -0.39 is 9.84 Å². The van der Waals surface area contributed by atoms with E-state index in [9.17, 15) is 8.42 Å². The Morgan fingerprint density at radius 2 is 1.84 bits per heavy atom. The van der Waals surface area contributed by atoms with Crippen LogP contribution in [0.25, 0.3) is 0 Å². The molecule has 0 bridgehead atoms. The van der Waals surface area contributed by atoms with Crippen LogP contribution >= 0.6 is 0 Å². The molecule has 1 unspecified atom stereocenters. The lowest BCUT2D eigenvalue weighted by molar-refractivity contribution is 0.283. The number of aryl methyl sites for hydroxylation is 1. The minimum absolute atomic E-state index is 0.00830. The summed E-state index contributed by atoms with van der Waals surface area (Å²) in [5, 5.41) is 4.75. The molecule has 1 fully saturated rings. The molecule has 1 atom stereocenters. The van der Waals surface area contributed by atoms with Crippen molar-refractivity contribution in [3.63, 3.8) is 0 Å². The molecule has 1 heterocycles. The third kappa shape index (κ3) is 2.90. The summed E-state index contributed by atoms with van der Waals surface area (Å²) >= 11 is 0. The van der Waals surface area contributed by atoms with Crippen molar-refractivity contribution < 1.29 is 8.42 Å². The maximum absolute atomic E-state index is 11.3. The highest BCUT2D eigenvalue weighted by molar-refractivity contribution is 7.94. The number of nitrogens with one attached hydrogen (secondary N) is 1. The van der Waals surface area contributed by atoms with E-state index in [0.717, 1.165) is 12.8 Å². The zero-order chi connectivity index (χ0) is 13.5. The molecule has 3 nitrogen and oxygen atoms in total. The monoisotopic (exact) mass is 277 g/mol. The van der Waals surface area contributed by atoms with Crippen molar-refractivity contribution in [1.29, 1.82) is 0 Å². The highest BCUT2D eigenvalue weighted by Gasteiger charge is 2.33. The van der Waals surface area contributed by atoms with Gasteiger partial charge < -0.3 is 5.32 Å². The predicted molar refractivity (Wildman–Crippen MR) is 76.8 cm³/mol. The fourth-order valence-electron chi connectivity index (χ4n) is 2.85. The first kappa shape index (κ1) is 12.9. The average molecular weight is 277 g/mol. The van der Waals surface area contributed by atoms with Gasteiger partial charge in [0.05, 0.1) is 5.75 Å². The molecule has 3 rings (SSSR count). The summed E-state index contributed by atoms with van der Waals surface area (Å²) in [6.45, 7) is 2.10. The molecule has 1 aliphatic heterocycles. The van der Waals surface area contributed by atoms with Crippen LogP contribution in [-0.2, 0) is 9.84 Å². The molecular weight excluding hydrogens is 258 g/mol. The van der Waals surface area contributed by atoms with Crippen molar-refractivity contribution in [2.24, 2.45) is 0 Å². The van der Waals surface area contributed by atoms with Crippen LogP contribution in [-0.4, -0.2) is 26.3 Å². The smallest absolute Gasteiger partial charge is 0.173 e. The zero-order valence-electron chi connectivity index (χ0n) is 11.0. The maximum Gasteiger partial charge on any atom is 0.173 e. The number of benzene rings is 1. The number of rotatable bonds is 3. The zero-order valence-corrected chi connectivity index (χ0v) is 11.9. The Labute approximate surface area is 114 Å². The minimum Gasteiger partial charge on any atom is -0.307 e. The molecular formula is C15H19NO2S. The standard InChI is InChI=1S/C15H19NO2S/c1-11-2-4-12(5-3-11)13-8-15(9-13)16-14-6-7-19(17,18)10-14/h2-7,13-16H,8-10H2,1H3. The van der Waals surface area contributed by atoms with Crippen molar-refractivity contribution in [3.8, 4) is 0 Å². The van der Waals surface area contributed by atoms with E-state index in [1.165, 1.54) is 16.5 Å². The normalized spacial score (nSPS) is 32.2. The van der Waals surface area contributed by atoms with E-state index in [0.29, 0.717) is 12.0 Å². The van der Waals surface area contributed by atoms with Gasteiger partial charge in [-0.15, -0.1) is 0 Å². The van der Waals surface area contributed by atoms with Crippen LogP contribution in [0.4, 0.5) is 0 Å². The van der Waals surface area contributed by atoms with E-state index in [-0.39, 0.29) is 11.8 Å². The summed E-state index contributed by atoms with van der Waals surface area (Å²) in [6, 6.07) is 9.18. The summed E-state index contributed by atoms with van der Waals surface area (Å²) < 4.78 is 22.6. The fourth-order valence-corrected chi connectivity index (χ4v) is 4.10. The second-order valence-electron chi connectivity index (χ2n) is 5.71. The molecule has 1 aromatic carbocycles. The van der Waals surface area contributed by atoms with Gasteiger partial charge in [-0.05, 0) is 31.2 Å². The molecule has 0 aromatic heterocycles. The van der Waals surface area contributed by atoms with Crippen LogP contribution in [0.3, 0.4) is 0 Å². The van der Waals surface area contributed by atoms with E-state index in [4.69, 9.17) is 0 Å². The van der Waals surface area contributed by atoms with Gasteiger partial charge in [0.2, 0.25) is 0 Å². The van der Waals surface area contributed by atoms with Crippen LogP contribution in [0.15, 0.2) is 35.7 Å². The largest absolute Gasteiger partial charge is 0.307 e. The quantitative estimate of drug-likeness (QED) is 0.920. The SMILES string of the molecule is Cc1ccc(C2CC(NC3C=CS(=O)(=O)C3)C2)cc1. The Bertz CT molecular complexity index is 583. The Kier molecular flexibility index (Phi) is 3.23. The average Bonchev–Trinajstić information content (AvgIpc) is 2.64. The molecule has 0 amide bonds. The minimum atomic E-state index is -2.94. The first-order chi connectivity index (χ1) is 9.02. The molecule has 19 heavy (non-hydrogen) atoms. The van der Waals surface area contributed by atoms with Gasteiger partial charge in [-0.1, -0.05) is 35.9 Å². The van der Waals surface area contributed by atoms with Crippen LogP contribution < -0.4 is 5.32 Å². The van der Waals surface area contributed by atoms with Gasteiger partial charge in [0.25, 0.3) is 0 Å². The van der Waals surface area contributed by atoms with E-state index in [2.05, 4.69) is 36.5 Å². The summed E-state index contributed by atoms with van der Waals surface area (Å²) in [5.74, 6) is 0.846. The van der Waals surface area contributed by atoms with Crippen LogP contribution in [0.5, 0.6) is 0 Å². The van der Waals surface area contributed by atoms with Crippen LogP contribution in [0.2, 0.25) is 0 Å². The van der Waals surface area contributed by atoms with Gasteiger partial charge in [0, 0.05) is 17.5 Å². The van der Waals surface area contributed by atoms with E-state index >= 15 is 0 Å². The molecule has 102 valence electrons. The molecule has 0 radical (unpaired) electrons. The van der Waals surface area contributed by atoms with Crippen LogP contribution in [0.1, 0.15) is 29.9 Å². The Morgan fingerprint density at radius 1 is 1.16 bits per heavy atom. The topological polar surface area (TPSA) is 46.2 Å². The van der Waals surface area contributed by atoms with Crippen molar-refractivity contribution >= 4 is 9.84 Å². The molecule has 2 aliphatic rings. The third-order valence-electron chi connectivity index (χ3n) is 4.07. The van der Waals surface area contributed by atoms with Gasteiger partial charge in [-0.25, -0.2) is 8.42 Å². The highest BCUT2D eigenvalue weighted by Crippen LogP contribution is 2.37. The molecule has 0 spiro atoms. The Hall–Kier alpha value is -1.13. The van der Waals surface area contributed by atoms with Crippen molar-refractivity contribution in [1.82, 2.24) is 5.32 Å². The molecule has 0 saturated heterocycles. The van der Waals surface area contributed by atoms with Crippen molar-refractivity contribution in [2.75, 3.05) is 5.75 Å². The van der Waals surface area contributed by atoms with E-state index in [1.54, 1.807) is 6.08 Å². The fraction of sp³-hybridized carbons (Fsp3) is 0.467. The lowest BCUT2D eigenvalue weighted by Gasteiger charge is -2.37. The van der Waals surface area contributed by atoms with Crippen LogP contribution in [0, 0.1) is 6.92 Å². The number of sulfone groups is 1. The molecule has 1 saturated carbocycles. The van der Waals surface area contributed by atoms with Gasteiger partial charge >= 0.3 is 0 Å². The van der Waals surface area contributed by atoms with Gasteiger partial charge in [0.1, 0.15) is 0 Å². The van der Waals surface area contributed by atoms with Gasteiger partial charge in [-0.3, -0.25) is 0 Å². The molecule has 1 aliphatic carbocycles. The molecule has 1 aromatic rings. The Morgan fingerprint density at radius 3 is 2.42 bits per heavy atom. The van der Waals surface area contributed by atoms with Crippen molar-refractivity contribution in [3.05, 3.63) is 46.9 Å². The second-order valence-corrected chi connectivity index (χ2v) is 7.64. The second kappa shape index (κ2) is 4.76. The first-order valence-electron chi connectivity index (χ1n) is 6.75. The number of hydrogen-bond acceptors (Lipinski definition) is 3. The van der Waals surface area contributed by atoms with Gasteiger partial charge in [-0.2, -0.15) is 0 Å². The molecule has 1 N–H and O–H groups in total. The lowest BCUT2D eigenvalue weighted by Crippen LogP contribution is -2.45. The number of hydrogen-bond donors (Lipinski definition) is 1.